The van der Waals surface area contributed by atoms with Crippen molar-refractivity contribution < 1.29 is 53.2 Å². The normalized spacial score (nSPS) is 9.10. The quantitative estimate of drug-likeness (QED) is 0.369. The second-order valence-corrected chi connectivity index (χ2v) is 5.79. The van der Waals surface area contributed by atoms with E-state index < -0.39 is 20.8 Å². The van der Waals surface area contributed by atoms with Crippen LogP contribution in [0.5, 0.6) is 0 Å². The molecule has 0 aliphatic carbocycles. The molecular formula is C14H10Ag2O2S2. The van der Waals surface area contributed by atoms with E-state index in [4.69, 9.17) is 0 Å². The zero-order valence-electron chi connectivity index (χ0n) is 10.0. The van der Waals surface area contributed by atoms with Gasteiger partial charge in [0.15, 0.2) is 0 Å². The Kier molecular flexibility index (Phi) is 10.4. The molecule has 0 aliphatic heterocycles. The van der Waals surface area contributed by atoms with E-state index in [1.807, 2.05) is 12.1 Å². The molecule has 6 heteroatoms. The van der Waals surface area contributed by atoms with Crippen molar-refractivity contribution in [3.63, 3.8) is 0 Å². The zero-order chi connectivity index (χ0) is 12.8. The minimum atomic E-state index is -1.43. The summed E-state index contributed by atoms with van der Waals surface area (Å²) in [6, 6.07) is 17.8. The molecule has 0 saturated carbocycles. The Labute approximate surface area is 153 Å². The summed E-state index contributed by atoms with van der Waals surface area (Å²) < 4.78 is 23.6. The van der Waals surface area contributed by atoms with Gasteiger partial charge in [-0.05, 0) is 0 Å². The van der Waals surface area contributed by atoms with Crippen LogP contribution in [0.15, 0.2) is 70.5 Å². The summed E-state index contributed by atoms with van der Waals surface area (Å²) in [7, 11) is -2.86. The second kappa shape index (κ2) is 10.5. The van der Waals surface area contributed by atoms with Crippen molar-refractivity contribution in [1.29, 1.82) is 0 Å². The summed E-state index contributed by atoms with van der Waals surface area (Å²) in [5, 5.41) is 5.04. The first-order valence-corrected chi connectivity index (χ1v) is 7.52. The minimum Gasteiger partial charge on any atom is -0.449 e. The van der Waals surface area contributed by atoms with E-state index in [1.165, 1.54) is 0 Å². The van der Waals surface area contributed by atoms with Gasteiger partial charge in [0.1, 0.15) is 0 Å². The molecule has 2 aromatic rings. The van der Waals surface area contributed by atoms with Gasteiger partial charge in [0, 0.05) is 0 Å². The maximum absolute atomic E-state index is 11.8. The van der Waals surface area contributed by atoms with Crippen LogP contribution >= 0.6 is 0 Å². The average molecular weight is 490 g/mol. The molecule has 0 saturated heterocycles. The van der Waals surface area contributed by atoms with Crippen LogP contribution in [0.25, 0.3) is 0 Å². The fourth-order valence-electron chi connectivity index (χ4n) is 1.28. The van der Waals surface area contributed by atoms with Crippen LogP contribution < -0.4 is 0 Å². The number of hydrogen-bond acceptors (Lipinski definition) is 4. The molecule has 0 fully saturated rings. The topological polar surface area (TPSA) is 34.1 Å². The first kappa shape index (κ1) is 19.8. The molecule has 2 nitrogen and oxygen atoms in total. The Balaban J connectivity index is 0.00000180. The van der Waals surface area contributed by atoms with Crippen molar-refractivity contribution in [1.82, 2.24) is 0 Å². The van der Waals surface area contributed by atoms with Crippen LogP contribution in [0, 0.1) is 0 Å². The van der Waals surface area contributed by atoms with Gasteiger partial charge in [0.2, 0.25) is 0 Å². The standard InChI is InChI=1S/C14H10O2S2.2Ag/c15-17(13-7-3-1-4-8-13)11-12-18(16)14-9-5-2-6-10-14;;/h1-10H;;/q-2;2*+1. The van der Waals surface area contributed by atoms with Crippen molar-refractivity contribution in [3.05, 3.63) is 60.7 Å². The fourth-order valence-corrected chi connectivity index (χ4v) is 2.93. The van der Waals surface area contributed by atoms with Crippen molar-refractivity contribution in [3.8, 4) is 0 Å². The largest absolute Gasteiger partial charge is 1.00 e. The summed E-state index contributed by atoms with van der Waals surface area (Å²) >= 11 is 0. The summed E-state index contributed by atoms with van der Waals surface area (Å²) in [4.78, 5) is 1.24. The Morgan fingerprint density at radius 2 is 0.900 bits per heavy atom. The molecule has 112 valence electrons. The number of benzene rings is 2. The molecule has 2 rings (SSSR count). The van der Waals surface area contributed by atoms with E-state index in [1.54, 1.807) is 48.5 Å². The van der Waals surface area contributed by atoms with Crippen LogP contribution in [0.3, 0.4) is 0 Å². The summed E-state index contributed by atoms with van der Waals surface area (Å²) in [5.41, 5.74) is 0. The molecule has 0 amide bonds. The molecule has 0 heterocycles. The number of hydrogen-bond donors (Lipinski definition) is 0. The van der Waals surface area contributed by atoms with E-state index in [0.29, 0.717) is 9.79 Å². The van der Waals surface area contributed by atoms with E-state index in [9.17, 15) is 8.42 Å². The zero-order valence-corrected chi connectivity index (χ0v) is 14.6. The summed E-state index contributed by atoms with van der Waals surface area (Å²) in [6.07, 6.45) is 0. The van der Waals surface area contributed by atoms with Crippen molar-refractivity contribution in [2.75, 3.05) is 0 Å². The Hall–Kier alpha value is -0.219. The van der Waals surface area contributed by atoms with Crippen LogP contribution in [0.2, 0.25) is 0 Å². The molecule has 0 radical (unpaired) electrons. The SMILES string of the molecule is O=[S-](=C=C=[S-](=O)c1ccccc1)c1ccccc1.[Ag+].[Ag+]. The van der Waals surface area contributed by atoms with Crippen LogP contribution in [0.1, 0.15) is 0 Å². The van der Waals surface area contributed by atoms with Gasteiger partial charge < -0.3 is 8.42 Å². The van der Waals surface area contributed by atoms with Gasteiger partial charge in [0.25, 0.3) is 0 Å². The minimum absolute atomic E-state index is 0. The molecule has 0 unspecified atom stereocenters. The Morgan fingerprint density at radius 1 is 0.600 bits per heavy atom. The van der Waals surface area contributed by atoms with E-state index in [0.717, 1.165) is 0 Å². The van der Waals surface area contributed by atoms with Gasteiger partial charge in [-0.15, -0.1) is 9.79 Å². The van der Waals surface area contributed by atoms with Gasteiger partial charge in [-0.2, -0.15) is 20.8 Å². The second-order valence-electron chi connectivity index (χ2n) is 3.37. The van der Waals surface area contributed by atoms with Gasteiger partial charge in [0.05, 0.1) is 0 Å². The van der Waals surface area contributed by atoms with Crippen LogP contribution in [-0.2, 0) is 74.0 Å². The van der Waals surface area contributed by atoms with E-state index >= 15 is 0 Å². The molecule has 0 aliphatic rings. The Morgan fingerprint density at radius 3 is 1.20 bits per heavy atom. The first-order chi connectivity index (χ1) is 8.77. The molecule has 2 aromatic carbocycles. The molecule has 20 heavy (non-hydrogen) atoms. The van der Waals surface area contributed by atoms with Gasteiger partial charge >= 0.3 is 44.8 Å². The molecule has 0 spiro atoms. The number of rotatable bonds is 2. The third-order valence-corrected chi connectivity index (χ3v) is 4.25. The van der Waals surface area contributed by atoms with Gasteiger partial charge in [-0.1, -0.05) is 60.7 Å². The fraction of sp³-hybridized carbons (Fsp3) is 0. The van der Waals surface area contributed by atoms with Crippen molar-refractivity contribution >= 4 is 30.8 Å². The maximum atomic E-state index is 11.8. The predicted molar refractivity (Wildman–Crippen MR) is 75.5 cm³/mol. The first-order valence-electron chi connectivity index (χ1n) is 5.22. The van der Waals surface area contributed by atoms with Crippen LogP contribution in [-0.4, -0.2) is 10.0 Å². The average Bonchev–Trinajstić information content (AvgIpc) is 2.46. The predicted octanol–water partition coefficient (Wildman–Crippen LogP) is 2.39. The third kappa shape index (κ3) is 6.04. The van der Waals surface area contributed by atoms with Crippen LogP contribution in [0.4, 0.5) is 0 Å². The van der Waals surface area contributed by atoms with E-state index in [2.05, 4.69) is 10.0 Å². The summed E-state index contributed by atoms with van der Waals surface area (Å²) in [5.74, 6) is 0. The Bertz CT molecular complexity index is 670. The summed E-state index contributed by atoms with van der Waals surface area (Å²) in [6.45, 7) is 0. The molecule has 0 aromatic heterocycles. The maximum Gasteiger partial charge on any atom is 1.00 e. The third-order valence-electron chi connectivity index (χ3n) is 2.14. The van der Waals surface area contributed by atoms with Crippen molar-refractivity contribution in [2.24, 2.45) is 0 Å². The molecule has 0 bridgehead atoms. The van der Waals surface area contributed by atoms with Gasteiger partial charge in [-0.25, -0.2) is 10.0 Å². The van der Waals surface area contributed by atoms with Crippen molar-refractivity contribution in [2.45, 2.75) is 9.79 Å². The molecule has 0 atom stereocenters. The molecular weight excluding hydrogens is 480 g/mol. The van der Waals surface area contributed by atoms with Gasteiger partial charge in [-0.3, -0.25) is 0 Å². The monoisotopic (exact) mass is 488 g/mol. The smallest absolute Gasteiger partial charge is 0.449 e. The van der Waals surface area contributed by atoms with E-state index in [-0.39, 0.29) is 44.8 Å². The molecule has 0 N–H and O–H groups in total.